The summed E-state index contributed by atoms with van der Waals surface area (Å²) in [6, 6.07) is 6.72. The van der Waals surface area contributed by atoms with Crippen LogP contribution in [-0.4, -0.2) is 17.9 Å². The van der Waals surface area contributed by atoms with Gasteiger partial charge in [-0.05, 0) is 48.3 Å². The van der Waals surface area contributed by atoms with Crippen molar-refractivity contribution in [3.05, 3.63) is 35.4 Å². The quantitative estimate of drug-likeness (QED) is 0.900. The summed E-state index contributed by atoms with van der Waals surface area (Å²) in [6.07, 6.45) is 3.10. The topological polar surface area (TPSA) is 72.2 Å². The van der Waals surface area contributed by atoms with Gasteiger partial charge in [0.05, 0.1) is 0 Å². The van der Waals surface area contributed by atoms with Crippen LogP contribution in [0.1, 0.15) is 67.7 Å². The van der Waals surface area contributed by atoms with E-state index in [2.05, 4.69) is 33.0 Å². The summed E-state index contributed by atoms with van der Waals surface area (Å²) in [5.41, 5.74) is 6.54. The van der Waals surface area contributed by atoms with Gasteiger partial charge in [-0.2, -0.15) is 0 Å². The standard InChI is InChI=1S/C18H26N2O2/c1-17(2)9-14(10-18(3,4)11-17)20-16(22)13-7-5-6-12(8-13)15(19)21/h5-8,14H,9-11H2,1-4H3,(H2,19,21)(H,20,22). The molecule has 2 amide bonds. The van der Waals surface area contributed by atoms with E-state index in [1.165, 1.54) is 0 Å². The van der Waals surface area contributed by atoms with Gasteiger partial charge in [0.25, 0.3) is 5.91 Å². The average Bonchev–Trinajstić information content (AvgIpc) is 2.34. The third-order valence-corrected chi connectivity index (χ3v) is 4.30. The van der Waals surface area contributed by atoms with E-state index in [1.54, 1.807) is 24.3 Å². The van der Waals surface area contributed by atoms with Crippen LogP contribution >= 0.6 is 0 Å². The van der Waals surface area contributed by atoms with Gasteiger partial charge in [0.15, 0.2) is 0 Å². The Kier molecular flexibility index (Phi) is 4.32. The second-order valence-corrected chi connectivity index (χ2v) is 8.03. The predicted octanol–water partition coefficient (Wildman–Crippen LogP) is 3.12. The second-order valence-electron chi connectivity index (χ2n) is 8.03. The lowest BCUT2D eigenvalue weighted by Gasteiger charge is -2.45. The molecule has 0 heterocycles. The summed E-state index contributed by atoms with van der Waals surface area (Å²) in [7, 11) is 0. The molecule has 1 saturated carbocycles. The molecule has 0 atom stereocenters. The Morgan fingerprint density at radius 1 is 1.09 bits per heavy atom. The maximum atomic E-state index is 12.4. The normalized spacial score (nSPS) is 20.4. The number of carbonyl (C=O) groups is 2. The zero-order chi connectivity index (χ0) is 16.5. The fourth-order valence-electron chi connectivity index (χ4n) is 4.03. The smallest absolute Gasteiger partial charge is 0.251 e. The number of primary amides is 1. The van der Waals surface area contributed by atoms with Crippen molar-refractivity contribution in [2.45, 2.75) is 53.0 Å². The fraction of sp³-hybridized carbons (Fsp3) is 0.556. The third-order valence-electron chi connectivity index (χ3n) is 4.30. The van der Waals surface area contributed by atoms with E-state index in [9.17, 15) is 9.59 Å². The van der Waals surface area contributed by atoms with Crippen LogP contribution in [0.25, 0.3) is 0 Å². The molecule has 1 aliphatic carbocycles. The zero-order valence-electron chi connectivity index (χ0n) is 13.9. The van der Waals surface area contributed by atoms with Crippen LogP contribution in [0.5, 0.6) is 0 Å². The van der Waals surface area contributed by atoms with Gasteiger partial charge in [-0.25, -0.2) is 0 Å². The van der Waals surface area contributed by atoms with Crippen molar-refractivity contribution in [1.82, 2.24) is 5.32 Å². The van der Waals surface area contributed by atoms with Gasteiger partial charge in [-0.3, -0.25) is 9.59 Å². The first-order valence-electron chi connectivity index (χ1n) is 7.79. The number of nitrogens with one attached hydrogen (secondary N) is 1. The molecule has 1 fully saturated rings. The molecule has 0 radical (unpaired) electrons. The van der Waals surface area contributed by atoms with Gasteiger partial charge < -0.3 is 11.1 Å². The number of rotatable bonds is 3. The van der Waals surface area contributed by atoms with Crippen molar-refractivity contribution in [1.29, 1.82) is 0 Å². The van der Waals surface area contributed by atoms with Crippen molar-refractivity contribution < 1.29 is 9.59 Å². The Bertz CT molecular complexity index is 575. The third kappa shape index (κ3) is 4.09. The van der Waals surface area contributed by atoms with E-state index in [1.807, 2.05) is 0 Å². The summed E-state index contributed by atoms with van der Waals surface area (Å²) in [5, 5.41) is 3.12. The van der Waals surface area contributed by atoms with E-state index in [-0.39, 0.29) is 22.8 Å². The molecule has 0 unspecified atom stereocenters. The van der Waals surface area contributed by atoms with E-state index in [0.717, 1.165) is 19.3 Å². The Morgan fingerprint density at radius 3 is 2.18 bits per heavy atom. The maximum absolute atomic E-state index is 12.4. The van der Waals surface area contributed by atoms with Gasteiger partial charge in [-0.15, -0.1) is 0 Å². The zero-order valence-corrected chi connectivity index (χ0v) is 13.9. The van der Waals surface area contributed by atoms with Crippen molar-refractivity contribution in [2.24, 2.45) is 16.6 Å². The lowest BCUT2D eigenvalue weighted by atomic mass is 9.63. The largest absolute Gasteiger partial charge is 0.366 e. The molecule has 1 aromatic carbocycles. The van der Waals surface area contributed by atoms with Gasteiger partial charge in [-0.1, -0.05) is 33.8 Å². The van der Waals surface area contributed by atoms with E-state index < -0.39 is 5.91 Å². The molecule has 1 aromatic rings. The van der Waals surface area contributed by atoms with Crippen molar-refractivity contribution in [3.8, 4) is 0 Å². The molecule has 0 aliphatic heterocycles. The average molecular weight is 302 g/mol. The van der Waals surface area contributed by atoms with Crippen molar-refractivity contribution in [3.63, 3.8) is 0 Å². The molecule has 0 bridgehead atoms. The fourth-order valence-corrected chi connectivity index (χ4v) is 4.03. The number of nitrogens with two attached hydrogens (primary N) is 1. The molecule has 0 aromatic heterocycles. The lowest BCUT2D eigenvalue weighted by Crippen LogP contribution is -2.46. The summed E-state index contributed by atoms with van der Waals surface area (Å²) in [5.74, 6) is -0.656. The Balaban J connectivity index is 2.11. The Morgan fingerprint density at radius 2 is 1.64 bits per heavy atom. The highest BCUT2D eigenvalue weighted by Gasteiger charge is 2.38. The van der Waals surface area contributed by atoms with Crippen LogP contribution in [-0.2, 0) is 0 Å². The Labute approximate surface area is 132 Å². The molecule has 0 spiro atoms. The summed E-state index contributed by atoms with van der Waals surface area (Å²) >= 11 is 0. The first-order valence-corrected chi connectivity index (χ1v) is 7.79. The molecule has 2 rings (SSSR count). The SMILES string of the molecule is CC1(C)CC(NC(=O)c2cccc(C(N)=O)c2)CC(C)(C)C1. The van der Waals surface area contributed by atoms with Crippen LogP contribution < -0.4 is 11.1 Å². The number of hydrogen-bond acceptors (Lipinski definition) is 2. The van der Waals surface area contributed by atoms with Crippen LogP contribution in [0.3, 0.4) is 0 Å². The highest BCUT2D eigenvalue weighted by atomic mass is 16.2. The van der Waals surface area contributed by atoms with Crippen molar-refractivity contribution >= 4 is 11.8 Å². The van der Waals surface area contributed by atoms with E-state index in [4.69, 9.17) is 5.73 Å². The number of benzene rings is 1. The Hall–Kier alpha value is -1.84. The number of hydrogen-bond donors (Lipinski definition) is 2. The minimum absolute atomic E-state index is 0.137. The molecule has 1 aliphatic rings. The van der Waals surface area contributed by atoms with Gasteiger partial charge >= 0.3 is 0 Å². The van der Waals surface area contributed by atoms with E-state index >= 15 is 0 Å². The second kappa shape index (κ2) is 5.75. The molecule has 0 saturated heterocycles. The van der Waals surface area contributed by atoms with Crippen LogP contribution in [0.4, 0.5) is 0 Å². The summed E-state index contributed by atoms with van der Waals surface area (Å²) in [6.45, 7) is 9.00. The highest BCUT2D eigenvalue weighted by molar-refractivity contribution is 5.99. The maximum Gasteiger partial charge on any atom is 0.251 e. The highest BCUT2D eigenvalue weighted by Crippen LogP contribution is 2.45. The first kappa shape index (κ1) is 16.5. The van der Waals surface area contributed by atoms with Crippen LogP contribution in [0.15, 0.2) is 24.3 Å². The monoisotopic (exact) mass is 302 g/mol. The van der Waals surface area contributed by atoms with Crippen LogP contribution in [0, 0.1) is 10.8 Å². The molecule has 4 heteroatoms. The first-order chi connectivity index (χ1) is 10.1. The molecule has 22 heavy (non-hydrogen) atoms. The predicted molar refractivity (Wildman–Crippen MR) is 87.6 cm³/mol. The minimum atomic E-state index is -0.519. The van der Waals surface area contributed by atoms with Gasteiger partial charge in [0.1, 0.15) is 0 Å². The number of amides is 2. The van der Waals surface area contributed by atoms with Gasteiger partial charge in [0, 0.05) is 17.2 Å². The lowest BCUT2D eigenvalue weighted by molar-refractivity contribution is 0.0713. The summed E-state index contributed by atoms with van der Waals surface area (Å²) < 4.78 is 0. The molecular formula is C18H26N2O2. The molecular weight excluding hydrogens is 276 g/mol. The van der Waals surface area contributed by atoms with Crippen LogP contribution in [0.2, 0.25) is 0 Å². The van der Waals surface area contributed by atoms with Crippen molar-refractivity contribution in [2.75, 3.05) is 0 Å². The number of carbonyl (C=O) groups excluding carboxylic acids is 2. The van der Waals surface area contributed by atoms with Gasteiger partial charge in [0.2, 0.25) is 5.91 Å². The van der Waals surface area contributed by atoms with E-state index in [0.29, 0.717) is 11.1 Å². The minimum Gasteiger partial charge on any atom is -0.366 e. The molecule has 120 valence electrons. The molecule has 3 N–H and O–H groups in total. The summed E-state index contributed by atoms with van der Waals surface area (Å²) in [4.78, 5) is 23.7. The molecule has 4 nitrogen and oxygen atoms in total.